The van der Waals surface area contributed by atoms with Crippen molar-refractivity contribution in [3.63, 3.8) is 0 Å². The Kier molecular flexibility index (Phi) is 5.09. The Labute approximate surface area is 123 Å². The summed E-state index contributed by atoms with van der Waals surface area (Å²) in [5, 5.41) is 3.26. The highest BCUT2D eigenvalue weighted by Gasteiger charge is 2.18. The van der Waals surface area contributed by atoms with Gasteiger partial charge < -0.3 is 20.5 Å². The molecular formula is C14H19ClN2O3. The fourth-order valence-electron chi connectivity index (χ4n) is 1.97. The number of benzene rings is 1. The number of fused-ring (bicyclic) bond motifs is 1. The fraction of sp³-hybridized carbons (Fsp3) is 0.500. The van der Waals surface area contributed by atoms with Crippen molar-refractivity contribution < 1.29 is 14.3 Å². The van der Waals surface area contributed by atoms with E-state index in [0.717, 1.165) is 12.8 Å². The molecule has 1 unspecified atom stereocenters. The van der Waals surface area contributed by atoms with Crippen molar-refractivity contribution in [3.8, 4) is 11.5 Å². The second kappa shape index (κ2) is 6.81. The van der Waals surface area contributed by atoms with Gasteiger partial charge >= 0.3 is 0 Å². The van der Waals surface area contributed by atoms with Gasteiger partial charge in [0.05, 0.1) is 10.7 Å². The van der Waals surface area contributed by atoms with E-state index in [4.69, 9.17) is 26.8 Å². The van der Waals surface area contributed by atoms with Gasteiger partial charge in [-0.3, -0.25) is 4.79 Å². The van der Waals surface area contributed by atoms with Gasteiger partial charge in [-0.2, -0.15) is 0 Å². The Morgan fingerprint density at radius 2 is 2.05 bits per heavy atom. The van der Waals surface area contributed by atoms with Crippen molar-refractivity contribution in [2.75, 3.05) is 25.1 Å². The minimum atomic E-state index is -0.109. The summed E-state index contributed by atoms with van der Waals surface area (Å²) >= 11 is 6.14. The molecule has 1 atom stereocenters. The number of hydrogen-bond donors (Lipinski definition) is 2. The monoisotopic (exact) mass is 298 g/mol. The van der Waals surface area contributed by atoms with Crippen LogP contribution < -0.4 is 20.5 Å². The van der Waals surface area contributed by atoms with Crippen LogP contribution in [0.15, 0.2) is 12.1 Å². The molecule has 1 aliphatic rings. The summed E-state index contributed by atoms with van der Waals surface area (Å²) < 4.78 is 10.9. The average Bonchev–Trinajstić information content (AvgIpc) is 2.45. The maximum atomic E-state index is 12.1. The summed E-state index contributed by atoms with van der Waals surface area (Å²) in [5.74, 6) is 1.03. The molecule has 0 aliphatic carbocycles. The number of rotatable bonds is 5. The van der Waals surface area contributed by atoms with Crippen LogP contribution in [-0.4, -0.2) is 25.7 Å². The Hall–Kier alpha value is -1.46. The number of nitrogens with two attached hydrogens (primary N) is 1. The van der Waals surface area contributed by atoms with Gasteiger partial charge in [-0.15, -0.1) is 0 Å². The molecule has 5 nitrogen and oxygen atoms in total. The van der Waals surface area contributed by atoms with E-state index in [1.807, 2.05) is 6.92 Å². The highest BCUT2D eigenvalue weighted by molar-refractivity contribution is 6.34. The predicted octanol–water partition coefficient (Wildman–Crippen LogP) is 2.42. The van der Waals surface area contributed by atoms with Gasteiger partial charge in [0.25, 0.3) is 0 Å². The second-order valence-corrected chi connectivity index (χ2v) is 5.20. The standard InChI is InChI=1S/C14H19ClN2O3/c1-9(3-2-4-16)14(18)17-11-8-13-12(7-10(11)15)19-5-6-20-13/h7-9H,2-6,16H2,1H3,(H,17,18). The normalized spacial score (nSPS) is 14.8. The first-order chi connectivity index (χ1) is 9.61. The Balaban J connectivity index is 2.07. The third-order valence-corrected chi connectivity index (χ3v) is 3.49. The number of carbonyl (C=O) groups excluding carboxylic acids is 1. The molecule has 0 aromatic heterocycles. The van der Waals surface area contributed by atoms with Gasteiger partial charge in [-0.25, -0.2) is 0 Å². The van der Waals surface area contributed by atoms with E-state index >= 15 is 0 Å². The Bertz CT molecular complexity index is 494. The van der Waals surface area contributed by atoms with Crippen molar-refractivity contribution in [1.29, 1.82) is 0 Å². The maximum absolute atomic E-state index is 12.1. The smallest absolute Gasteiger partial charge is 0.227 e. The molecule has 0 saturated carbocycles. The Morgan fingerprint density at radius 3 is 2.70 bits per heavy atom. The van der Waals surface area contributed by atoms with Crippen LogP contribution in [0, 0.1) is 5.92 Å². The van der Waals surface area contributed by atoms with Crippen LogP contribution >= 0.6 is 11.6 Å². The summed E-state index contributed by atoms with van der Waals surface area (Å²) in [4.78, 5) is 12.1. The first kappa shape index (κ1) is 14.9. The third kappa shape index (κ3) is 3.55. The van der Waals surface area contributed by atoms with Gasteiger partial charge in [0.1, 0.15) is 13.2 Å². The zero-order valence-electron chi connectivity index (χ0n) is 11.4. The van der Waals surface area contributed by atoms with E-state index in [-0.39, 0.29) is 11.8 Å². The molecule has 1 aromatic carbocycles. The van der Waals surface area contributed by atoms with E-state index < -0.39 is 0 Å². The highest BCUT2D eigenvalue weighted by Crippen LogP contribution is 2.38. The number of halogens is 1. The fourth-order valence-corrected chi connectivity index (χ4v) is 2.17. The van der Waals surface area contributed by atoms with E-state index in [2.05, 4.69) is 5.32 Å². The van der Waals surface area contributed by atoms with E-state index in [9.17, 15) is 4.79 Å². The summed E-state index contributed by atoms with van der Waals surface area (Å²) in [6.07, 6.45) is 1.58. The molecule has 6 heteroatoms. The van der Waals surface area contributed by atoms with E-state index in [1.54, 1.807) is 12.1 Å². The largest absolute Gasteiger partial charge is 0.486 e. The quantitative estimate of drug-likeness (QED) is 0.875. The minimum Gasteiger partial charge on any atom is -0.486 e. The zero-order chi connectivity index (χ0) is 14.5. The topological polar surface area (TPSA) is 73.6 Å². The number of anilines is 1. The van der Waals surface area contributed by atoms with Gasteiger partial charge in [0.15, 0.2) is 11.5 Å². The van der Waals surface area contributed by atoms with Gasteiger partial charge in [-0.05, 0) is 19.4 Å². The molecule has 110 valence electrons. The molecule has 2 rings (SSSR count). The lowest BCUT2D eigenvalue weighted by atomic mass is 10.0. The van der Waals surface area contributed by atoms with E-state index in [1.165, 1.54) is 0 Å². The molecule has 0 bridgehead atoms. The summed E-state index contributed by atoms with van der Waals surface area (Å²) in [6.45, 7) is 3.46. The van der Waals surface area contributed by atoms with E-state index in [0.29, 0.717) is 42.0 Å². The molecule has 3 N–H and O–H groups in total. The van der Waals surface area contributed by atoms with Crippen molar-refractivity contribution in [2.24, 2.45) is 11.7 Å². The number of nitrogens with one attached hydrogen (secondary N) is 1. The zero-order valence-corrected chi connectivity index (χ0v) is 12.2. The first-order valence-corrected chi connectivity index (χ1v) is 7.09. The van der Waals surface area contributed by atoms with Crippen molar-refractivity contribution >= 4 is 23.2 Å². The van der Waals surface area contributed by atoms with Crippen LogP contribution in [-0.2, 0) is 4.79 Å². The summed E-state index contributed by atoms with van der Waals surface area (Å²) in [6, 6.07) is 3.36. The van der Waals surface area contributed by atoms with Crippen LogP contribution in [0.3, 0.4) is 0 Å². The molecule has 0 saturated heterocycles. The van der Waals surface area contributed by atoms with Crippen LogP contribution in [0.4, 0.5) is 5.69 Å². The van der Waals surface area contributed by atoms with Gasteiger partial charge in [0, 0.05) is 18.1 Å². The molecule has 1 aromatic rings. The van der Waals surface area contributed by atoms with Crippen LogP contribution in [0.25, 0.3) is 0 Å². The molecule has 0 fully saturated rings. The molecular weight excluding hydrogens is 280 g/mol. The lowest BCUT2D eigenvalue weighted by Crippen LogP contribution is -2.22. The molecule has 0 spiro atoms. The maximum Gasteiger partial charge on any atom is 0.227 e. The second-order valence-electron chi connectivity index (χ2n) is 4.80. The lowest BCUT2D eigenvalue weighted by Gasteiger charge is -2.20. The van der Waals surface area contributed by atoms with Crippen molar-refractivity contribution in [1.82, 2.24) is 0 Å². The number of carbonyl (C=O) groups is 1. The van der Waals surface area contributed by atoms with Crippen LogP contribution in [0.1, 0.15) is 19.8 Å². The Morgan fingerprint density at radius 1 is 1.40 bits per heavy atom. The van der Waals surface area contributed by atoms with Gasteiger partial charge in [0.2, 0.25) is 5.91 Å². The van der Waals surface area contributed by atoms with Crippen molar-refractivity contribution in [2.45, 2.75) is 19.8 Å². The third-order valence-electron chi connectivity index (χ3n) is 3.18. The molecule has 1 aliphatic heterocycles. The molecule has 20 heavy (non-hydrogen) atoms. The average molecular weight is 299 g/mol. The van der Waals surface area contributed by atoms with Crippen molar-refractivity contribution in [3.05, 3.63) is 17.2 Å². The first-order valence-electron chi connectivity index (χ1n) is 6.72. The van der Waals surface area contributed by atoms with Crippen LogP contribution in [0.2, 0.25) is 5.02 Å². The predicted molar refractivity (Wildman–Crippen MR) is 78.5 cm³/mol. The molecule has 1 heterocycles. The summed E-state index contributed by atoms with van der Waals surface area (Å²) in [5.41, 5.74) is 5.99. The minimum absolute atomic E-state index is 0.0722. The number of amides is 1. The highest BCUT2D eigenvalue weighted by atomic mass is 35.5. The summed E-state index contributed by atoms with van der Waals surface area (Å²) in [7, 11) is 0. The van der Waals surface area contributed by atoms with Crippen LogP contribution in [0.5, 0.6) is 11.5 Å². The lowest BCUT2D eigenvalue weighted by molar-refractivity contribution is -0.119. The molecule has 0 radical (unpaired) electrons. The SMILES string of the molecule is CC(CCCN)C(=O)Nc1cc2c(cc1Cl)OCCO2. The number of ether oxygens (including phenoxy) is 2. The van der Waals surface area contributed by atoms with Gasteiger partial charge in [-0.1, -0.05) is 18.5 Å². The molecule has 1 amide bonds. The number of hydrogen-bond acceptors (Lipinski definition) is 4.